The number of unbranched alkanes of at least 4 members (excludes halogenated alkanes) is 1. The normalized spacial score (nSPS) is 18.5. The maximum atomic E-state index is 12.9. The third-order valence-corrected chi connectivity index (χ3v) is 8.00. The summed E-state index contributed by atoms with van der Waals surface area (Å²) in [5.74, 6) is 1.10. The highest BCUT2D eigenvalue weighted by molar-refractivity contribution is 7.99. The Morgan fingerprint density at radius 1 is 1.08 bits per heavy atom. The Labute approximate surface area is 234 Å². The Morgan fingerprint density at radius 2 is 1.84 bits per heavy atom. The summed E-state index contributed by atoms with van der Waals surface area (Å²) in [5.41, 5.74) is 1.29. The summed E-state index contributed by atoms with van der Waals surface area (Å²) < 4.78 is 0. The smallest absolute Gasteiger partial charge is 0.317 e. The van der Waals surface area contributed by atoms with Crippen molar-refractivity contribution in [3.63, 3.8) is 0 Å². The molecule has 1 aromatic heterocycles. The summed E-state index contributed by atoms with van der Waals surface area (Å²) in [6.07, 6.45) is 2.03. The second-order valence-corrected chi connectivity index (χ2v) is 11.2. The van der Waals surface area contributed by atoms with Gasteiger partial charge in [-0.25, -0.2) is 14.8 Å². The lowest BCUT2D eigenvalue weighted by Crippen LogP contribution is -2.56. The lowest BCUT2D eigenvalue weighted by molar-refractivity contribution is -0.130. The summed E-state index contributed by atoms with van der Waals surface area (Å²) in [6, 6.07) is 12.2. The number of carbonyl (C=O) groups excluding carboxylic acids is 2. The lowest BCUT2D eigenvalue weighted by atomic mass is 10.2. The molecule has 0 spiro atoms. The number of nitrogens with zero attached hydrogens (tertiary/aromatic N) is 6. The van der Waals surface area contributed by atoms with E-state index in [0.29, 0.717) is 36.5 Å². The molecule has 1 atom stereocenters. The molecule has 0 aliphatic carbocycles. The number of anilines is 1. The first-order valence-corrected chi connectivity index (χ1v) is 14.8. The number of aromatic nitrogens is 2. The highest BCUT2D eigenvalue weighted by Gasteiger charge is 2.28. The van der Waals surface area contributed by atoms with Gasteiger partial charge in [-0.05, 0) is 18.9 Å². The van der Waals surface area contributed by atoms with Crippen molar-refractivity contribution < 1.29 is 9.59 Å². The van der Waals surface area contributed by atoms with E-state index in [9.17, 15) is 9.59 Å². The van der Waals surface area contributed by atoms with E-state index in [1.54, 1.807) is 6.07 Å². The number of halogens is 1. The fourth-order valence-electron chi connectivity index (χ4n) is 4.77. The topological polar surface area (TPSA) is 84.9 Å². The van der Waals surface area contributed by atoms with Crippen molar-refractivity contribution in [3.05, 3.63) is 47.1 Å². The molecule has 1 unspecified atom stereocenters. The first kappa shape index (κ1) is 28.4. The third-order valence-electron chi connectivity index (χ3n) is 6.98. The van der Waals surface area contributed by atoms with Gasteiger partial charge in [0, 0.05) is 71.0 Å². The molecule has 3 heterocycles. The van der Waals surface area contributed by atoms with Crippen LogP contribution < -0.4 is 10.2 Å². The molecule has 4 rings (SSSR count). The second-order valence-electron chi connectivity index (χ2n) is 9.84. The Bertz CT molecular complexity index is 1070. The first-order valence-electron chi connectivity index (χ1n) is 13.4. The maximum absolute atomic E-state index is 12.9. The van der Waals surface area contributed by atoms with E-state index in [2.05, 4.69) is 51.3 Å². The van der Waals surface area contributed by atoms with Crippen LogP contribution in [-0.4, -0.2) is 101 Å². The Balaban J connectivity index is 1.25. The molecule has 9 nitrogen and oxygen atoms in total. The number of hydrogen-bond acceptors (Lipinski definition) is 7. The van der Waals surface area contributed by atoms with Crippen LogP contribution in [0.15, 0.2) is 41.6 Å². The number of amides is 3. The highest BCUT2D eigenvalue weighted by Crippen LogP contribution is 2.24. The molecule has 2 fully saturated rings. The number of piperazine rings is 2. The monoisotopic (exact) mass is 559 g/mol. The molecular formula is C27H38ClN7O2S. The van der Waals surface area contributed by atoms with Gasteiger partial charge in [-0.3, -0.25) is 9.69 Å². The molecule has 1 N–H and O–H groups in total. The van der Waals surface area contributed by atoms with Crippen LogP contribution in [0.4, 0.5) is 10.6 Å². The zero-order valence-corrected chi connectivity index (χ0v) is 23.9. The Kier molecular flexibility index (Phi) is 10.5. The van der Waals surface area contributed by atoms with Gasteiger partial charge in [-0.1, -0.05) is 67.0 Å². The van der Waals surface area contributed by atoms with Crippen molar-refractivity contribution in [2.75, 3.05) is 63.0 Å². The zero-order chi connectivity index (χ0) is 26.9. The minimum Gasteiger partial charge on any atom is -0.353 e. The number of benzene rings is 1. The van der Waals surface area contributed by atoms with Crippen LogP contribution in [0.1, 0.15) is 32.3 Å². The summed E-state index contributed by atoms with van der Waals surface area (Å²) >= 11 is 7.66. The molecule has 206 valence electrons. The highest BCUT2D eigenvalue weighted by atomic mass is 35.5. The molecule has 2 aromatic rings. The first-order chi connectivity index (χ1) is 18.4. The number of nitrogens with one attached hydrogen (secondary N) is 1. The summed E-state index contributed by atoms with van der Waals surface area (Å²) in [6.45, 7) is 10.9. The van der Waals surface area contributed by atoms with E-state index in [1.807, 2.05) is 22.8 Å². The fraction of sp³-hybridized carbons (Fsp3) is 0.556. The van der Waals surface area contributed by atoms with Crippen molar-refractivity contribution in [1.29, 1.82) is 0 Å². The third kappa shape index (κ3) is 7.97. The van der Waals surface area contributed by atoms with Crippen molar-refractivity contribution in [2.24, 2.45) is 0 Å². The van der Waals surface area contributed by atoms with Crippen molar-refractivity contribution in [2.45, 2.75) is 44.4 Å². The van der Waals surface area contributed by atoms with Crippen LogP contribution in [0.25, 0.3) is 0 Å². The van der Waals surface area contributed by atoms with Gasteiger partial charge in [0.25, 0.3) is 0 Å². The summed E-state index contributed by atoms with van der Waals surface area (Å²) in [5, 5.41) is 3.85. The van der Waals surface area contributed by atoms with E-state index >= 15 is 0 Å². The number of hydrogen-bond donors (Lipinski definition) is 1. The zero-order valence-electron chi connectivity index (χ0n) is 22.3. The van der Waals surface area contributed by atoms with Crippen LogP contribution in [0.5, 0.6) is 0 Å². The lowest BCUT2D eigenvalue weighted by Gasteiger charge is -2.40. The summed E-state index contributed by atoms with van der Waals surface area (Å²) in [7, 11) is 0. The van der Waals surface area contributed by atoms with E-state index in [1.165, 1.54) is 17.3 Å². The minimum atomic E-state index is -0.0121. The van der Waals surface area contributed by atoms with Gasteiger partial charge in [-0.15, -0.1) is 0 Å². The van der Waals surface area contributed by atoms with Crippen molar-refractivity contribution in [3.8, 4) is 0 Å². The largest absolute Gasteiger partial charge is 0.353 e. The molecule has 11 heteroatoms. The molecule has 3 amide bonds. The van der Waals surface area contributed by atoms with Gasteiger partial charge in [0.15, 0.2) is 5.16 Å². The second kappa shape index (κ2) is 14.0. The molecule has 0 bridgehead atoms. The number of carbonyl (C=O) groups is 2. The van der Waals surface area contributed by atoms with E-state index in [4.69, 9.17) is 16.6 Å². The molecular weight excluding hydrogens is 522 g/mol. The summed E-state index contributed by atoms with van der Waals surface area (Å²) in [4.78, 5) is 42.8. The van der Waals surface area contributed by atoms with Gasteiger partial charge >= 0.3 is 6.03 Å². The number of thioether (sulfide) groups is 1. The van der Waals surface area contributed by atoms with Gasteiger partial charge in [0.1, 0.15) is 11.0 Å². The van der Waals surface area contributed by atoms with Gasteiger partial charge in [0.2, 0.25) is 5.91 Å². The molecule has 2 aliphatic heterocycles. The average Bonchev–Trinajstić information content (AvgIpc) is 2.92. The van der Waals surface area contributed by atoms with Crippen molar-refractivity contribution in [1.82, 2.24) is 30.0 Å². The maximum Gasteiger partial charge on any atom is 0.317 e. The van der Waals surface area contributed by atoms with Crippen LogP contribution in [-0.2, 0) is 11.3 Å². The minimum absolute atomic E-state index is 0.0121. The standard InChI is InChI=1S/C27H38ClN7O2S/c1-3-4-10-29-27(37)35-16-15-34(18-21(35)2)24-17-23(28)30-26(31-24)38-20-25(36)33-13-11-32(12-14-33)19-22-8-6-5-7-9-22/h5-9,17,21H,3-4,10-16,18-20H2,1-2H3,(H,29,37). The van der Waals surface area contributed by atoms with E-state index in [-0.39, 0.29) is 23.7 Å². The number of rotatable bonds is 9. The average molecular weight is 560 g/mol. The molecule has 1 aromatic carbocycles. The fourth-order valence-corrected chi connectivity index (χ4v) is 5.75. The van der Waals surface area contributed by atoms with Crippen LogP contribution in [0.3, 0.4) is 0 Å². The molecule has 2 saturated heterocycles. The van der Waals surface area contributed by atoms with Crippen LogP contribution in [0, 0.1) is 0 Å². The van der Waals surface area contributed by atoms with Gasteiger partial charge < -0.3 is 20.0 Å². The number of urea groups is 1. The van der Waals surface area contributed by atoms with E-state index < -0.39 is 0 Å². The van der Waals surface area contributed by atoms with Crippen LogP contribution >= 0.6 is 23.4 Å². The molecule has 38 heavy (non-hydrogen) atoms. The van der Waals surface area contributed by atoms with E-state index in [0.717, 1.165) is 51.4 Å². The van der Waals surface area contributed by atoms with Crippen molar-refractivity contribution >= 4 is 41.1 Å². The quantitative estimate of drug-likeness (QED) is 0.217. The van der Waals surface area contributed by atoms with Gasteiger partial charge in [-0.2, -0.15) is 0 Å². The predicted molar refractivity (Wildman–Crippen MR) is 153 cm³/mol. The Morgan fingerprint density at radius 3 is 2.55 bits per heavy atom. The molecule has 0 radical (unpaired) electrons. The molecule has 2 aliphatic rings. The molecule has 0 saturated carbocycles. The SMILES string of the molecule is CCCCNC(=O)N1CCN(c2cc(Cl)nc(SCC(=O)N3CCN(Cc4ccccc4)CC3)n2)CC1C. The predicted octanol–water partition coefficient (Wildman–Crippen LogP) is 3.59. The van der Waals surface area contributed by atoms with Crippen LogP contribution in [0.2, 0.25) is 5.15 Å². The Hall–Kier alpha value is -2.56. The van der Waals surface area contributed by atoms with Gasteiger partial charge in [0.05, 0.1) is 5.75 Å².